The average molecular weight is 488 g/mol. The van der Waals surface area contributed by atoms with Gasteiger partial charge in [-0.1, -0.05) is 32.4 Å². The molecule has 1 aliphatic heterocycles. The molecule has 2 aromatic carbocycles. The molecule has 1 amide bonds. The van der Waals surface area contributed by atoms with E-state index >= 15 is 0 Å². The first-order valence-corrected chi connectivity index (χ1v) is 11.3. The number of halogens is 2. The van der Waals surface area contributed by atoms with Crippen LogP contribution in [0.1, 0.15) is 73.7 Å². The molecule has 34 heavy (non-hydrogen) atoms. The zero-order valence-corrected chi connectivity index (χ0v) is 20.9. The Balaban J connectivity index is 1.78. The van der Waals surface area contributed by atoms with E-state index in [1.807, 2.05) is 40.7 Å². The van der Waals surface area contributed by atoms with E-state index in [0.717, 1.165) is 17.4 Å². The number of carbonyl (C=O) groups excluding carboxylic acids is 1. The van der Waals surface area contributed by atoms with Crippen molar-refractivity contribution in [2.75, 3.05) is 10.6 Å². The largest absolute Gasteiger partial charge is 0.464 e. The van der Waals surface area contributed by atoms with Gasteiger partial charge < -0.3 is 20.4 Å². The summed E-state index contributed by atoms with van der Waals surface area (Å²) in [5.74, 6) is 0.0365. The maximum atomic E-state index is 15.0. The smallest absolute Gasteiger partial charge is 0.254 e. The number of furan rings is 1. The van der Waals surface area contributed by atoms with Crippen LogP contribution in [0.3, 0.4) is 0 Å². The highest BCUT2D eigenvalue weighted by Crippen LogP contribution is 2.43. The van der Waals surface area contributed by atoms with Crippen molar-refractivity contribution in [1.82, 2.24) is 5.32 Å². The third-order valence-corrected chi connectivity index (χ3v) is 6.59. The highest BCUT2D eigenvalue weighted by atomic mass is 35.5. The summed E-state index contributed by atoms with van der Waals surface area (Å²) in [6, 6.07) is 2.52. The van der Waals surface area contributed by atoms with Gasteiger partial charge in [0.05, 0.1) is 22.8 Å². The van der Waals surface area contributed by atoms with Gasteiger partial charge in [0, 0.05) is 10.6 Å². The van der Waals surface area contributed by atoms with Gasteiger partial charge in [-0.15, -0.1) is 0 Å². The molecule has 0 fully saturated rings. The van der Waals surface area contributed by atoms with Gasteiger partial charge in [-0.05, 0) is 50.8 Å². The van der Waals surface area contributed by atoms with Gasteiger partial charge in [0.15, 0.2) is 0 Å². The highest BCUT2D eigenvalue weighted by molar-refractivity contribution is 6.32. The quantitative estimate of drug-likeness (QED) is 0.427. The minimum Gasteiger partial charge on any atom is -0.464 e. The van der Waals surface area contributed by atoms with Gasteiger partial charge in [-0.2, -0.15) is 0 Å². The van der Waals surface area contributed by atoms with E-state index < -0.39 is 39.6 Å². The van der Waals surface area contributed by atoms with Gasteiger partial charge in [-0.25, -0.2) is 4.39 Å². The summed E-state index contributed by atoms with van der Waals surface area (Å²) in [4.78, 5) is 37.7. The Morgan fingerprint density at radius 1 is 1.06 bits per heavy atom. The Kier molecular flexibility index (Phi) is 5.44. The van der Waals surface area contributed by atoms with E-state index in [-0.39, 0.29) is 27.6 Å². The van der Waals surface area contributed by atoms with E-state index in [1.165, 1.54) is 0 Å². The van der Waals surface area contributed by atoms with Crippen molar-refractivity contribution in [2.45, 2.75) is 60.0 Å². The molecule has 0 aliphatic carbocycles. The second-order valence-electron chi connectivity index (χ2n) is 10.4. The van der Waals surface area contributed by atoms with E-state index in [2.05, 4.69) is 16.0 Å². The second-order valence-corrected chi connectivity index (χ2v) is 10.8. The summed E-state index contributed by atoms with van der Waals surface area (Å²) < 4.78 is 20.9. The number of benzene rings is 1. The monoisotopic (exact) mass is 487 g/mol. The van der Waals surface area contributed by atoms with Crippen molar-refractivity contribution in [3.63, 3.8) is 0 Å². The first-order valence-electron chi connectivity index (χ1n) is 10.9. The fourth-order valence-electron chi connectivity index (χ4n) is 4.36. The van der Waals surface area contributed by atoms with E-state index in [1.54, 1.807) is 13.8 Å². The standard InChI is InChI=1S/C25H27ClFN3O4/c1-10-8-14(34-11(10)2)22(24(3,4)5)29-19-18(20(31)21(19)32)28-17-13(27)9-12(26)16-15(17)23(33)30-25(16,6)7/h8-9,22,28-29H,1-7H3,(H,30,33)/t22-/m0/s1. The van der Waals surface area contributed by atoms with Crippen molar-refractivity contribution in [1.29, 1.82) is 0 Å². The molecule has 0 spiro atoms. The van der Waals surface area contributed by atoms with Crippen molar-refractivity contribution >= 4 is 34.6 Å². The first kappa shape index (κ1) is 24.0. The van der Waals surface area contributed by atoms with E-state index in [4.69, 9.17) is 16.0 Å². The summed E-state index contributed by atoms with van der Waals surface area (Å²) >= 11 is 6.25. The van der Waals surface area contributed by atoms with Crippen LogP contribution in [-0.4, -0.2) is 5.91 Å². The lowest BCUT2D eigenvalue weighted by molar-refractivity contribution is 0.0940. The minimum atomic E-state index is -0.825. The maximum absolute atomic E-state index is 15.0. The molecule has 0 unspecified atom stereocenters. The molecule has 3 N–H and O–H groups in total. The molecule has 2 heterocycles. The lowest BCUT2D eigenvalue weighted by Crippen LogP contribution is -2.39. The molecule has 4 rings (SSSR count). The lowest BCUT2D eigenvalue weighted by atomic mass is 9.84. The Morgan fingerprint density at radius 3 is 2.24 bits per heavy atom. The highest BCUT2D eigenvalue weighted by Gasteiger charge is 2.41. The predicted molar refractivity (Wildman–Crippen MR) is 131 cm³/mol. The van der Waals surface area contributed by atoms with Crippen LogP contribution in [0.5, 0.6) is 0 Å². The van der Waals surface area contributed by atoms with Crippen LogP contribution in [0.25, 0.3) is 0 Å². The van der Waals surface area contributed by atoms with E-state index in [0.29, 0.717) is 11.3 Å². The van der Waals surface area contributed by atoms with Crippen LogP contribution in [-0.2, 0) is 5.54 Å². The van der Waals surface area contributed by atoms with Gasteiger partial charge in [0.1, 0.15) is 28.7 Å². The predicted octanol–water partition coefficient (Wildman–Crippen LogP) is 5.21. The number of rotatable bonds is 5. The summed E-state index contributed by atoms with van der Waals surface area (Å²) in [5.41, 5.74) is -1.66. The molecule has 1 aromatic heterocycles. The van der Waals surface area contributed by atoms with Crippen molar-refractivity contribution < 1.29 is 13.6 Å². The van der Waals surface area contributed by atoms with Crippen molar-refractivity contribution in [2.24, 2.45) is 5.41 Å². The normalized spacial score (nSPS) is 15.9. The van der Waals surface area contributed by atoms with Crippen molar-refractivity contribution in [3.8, 4) is 0 Å². The number of hydrogen-bond donors (Lipinski definition) is 3. The molecule has 0 saturated heterocycles. The minimum absolute atomic E-state index is 0.0115. The third kappa shape index (κ3) is 3.70. The summed E-state index contributed by atoms with van der Waals surface area (Å²) in [6.45, 7) is 13.2. The molecule has 0 radical (unpaired) electrons. The number of aryl methyl sites for hydroxylation is 2. The van der Waals surface area contributed by atoms with Crippen LogP contribution >= 0.6 is 11.6 Å². The zero-order chi connectivity index (χ0) is 25.3. The average Bonchev–Trinajstić information content (AvgIpc) is 3.16. The molecule has 3 aromatic rings. The van der Waals surface area contributed by atoms with Gasteiger partial charge in [-0.3, -0.25) is 14.4 Å². The fraction of sp³-hybridized carbons (Fsp3) is 0.400. The summed E-state index contributed by atoms with van der Waals surface area (Å²) in [6.07, 6.45) is 0. The Hall–Kier alpha value is -3.13. The lowest BCUT2D eigenvalue weighted by Gasteiger charge is -2.31. The van der Waals surface area contributed by atoms with Crippen LogP contribution in [0.15, 0.2) is 26.1 Å². The topological polar surface area (TPSA) is 100 Å². The van der Waals surface area contributed by atoms with Crippen LogP contribution in [0, 0.1) is 25.1 Å². The first-order chi connectivity index (χ1) is 15.6. The molecular weight excluding hydrogens is 461 g/mol. The SMILES string of the molecule is Cc1cc([C@H](Nc2c(Nc3c(F)cc(Cl)c4c3C(=O)NC4(C)C)c(=O)c2=O)C(C)(C)C)oc1C. The van der Waals surface area contributed by atoms with Gasteiger partial charge >= 0.3 is 0 Å². The van der Waals surface area contributed by atoms with Crippen LogP contribution < -0.4 is 26.8 Å². The summed E-state index contributed by atoms with van der Waals surface area (Å²) in [5, 5.41) is 8.71. The molecule has 180 valence electrons. The van der Waals surface area contributed by atoms with E-state index in [9.17, 15) is 18.8 Å². The molecule has 0 saturated carbocycles. The molecule has 0 bridgehead atoms. The van der Waals surface area contributed by atoms with Crippen molar-refractivity contribution in [3.05, 3.63) is 71.6 Å². The number of carbonyl (C=O) groups is 1. The second kappa shape index (κ2) is 7.70. The van der Waals surface area contributed by atoms with Crippen LogP contribution in [0.4, 0.5) is 21.5 Å². The Morgan fingerprint density at radius 2 is 1.68 bits per heavy atom. The molecule has 1 aliphatic rings. The van der Waals surface area contributed by atoms with Crippen LogP contribution in [0.2, 0.25) is 5.02 Å². The van der Waals surface area contributed by atoms with Gasteiger partial charge in [0.2, 0.25) is 0 Å². The number of amides is 1. The number of hydrogen-bond acceptors (Lipinski definition) is 6. The molecule has 1 atom stereocenters. The van der Waals surface area contributed by atoms with Gasteiger partial charge in [0.25, 0.3) is 16.8 Å². The molecular formula is C25H27ClFN3O4. The number of anilines is 3. The Bertz CT molecular complexity index is 1390. The third-order valence-electron chi connectivity index (χ3n) is 6.29. The number of nitrogens with one attached hydrogen (secondary N) is 3. The Labute approximate surface area is 201 Å². The molecule has 9 heteroatoms. The zero-order valence-electron chi connectivity index (χ0n) is 20.1. The number of fused-ring (bicyclic) bond motifs is 1. The maximum Gasteiger partial charge on any atom is 0.254 e. The fourth-order valence-corrected chi connectivity index (χ4v) is 4.79. The molecule has 7 nitrogen and oxygen atoms in total. The summed E-state index contributed by atoms with van der Waals surface area (Å²) in [7, 11) is 0.